The fourth-order valence-electron chi connectivity index (χ4n) is 2.92. The molecule has 1 aliphatic heterocycles. The highest BCUT2D eigenvalue weighted by atomic mass is 32.2. The minimum Gasteiger partial charge on any atom is -0.466 e. The molecule has 0 bridgehead atoms. The molecule has 1 aliphatic rings. The number of carbonyl (C=O) groups excluding carboxylic acids is 1. The van der Waals surface area contributed by atoms with Gasteiger partial charge in [-0.2, -0.15) is 4.31 Å². The van der Waals surface area contributed by atoms with Gasteiger partial charge in [-0.25, -0.2) is 8.42 Å². The highest BCUT2D eigenvalue weighted by Gasteiger charge is 2.30. The minimum absolute atomic E-state index is 0.00473. The van der Waals surface area contributed by atoms with Crippen molar-refractivity contribution in [2.75, 3.05) is 26.8 Å². The molecule has 2 aromatic rings. The van der Waals surface area contributed by atoms with E-state index in [1.165, 1.54) is 4.31 Å². The van der Waals surface area contributed by atoms with E-state index in [9.17, 15) is 13.2 Å². The molecule has 0 aliphatic carbocycles. The average molecular weight is 404 g/mol. The normalized spacial score (nSPS) is 16.2. The molecule has 0 N–H and O–H groups in total. The van der Waals surface area contributed by atoms with Crippen LogP contribution in [0.25, 0.3) is 11.1 Å². The van der Waals surface area contributed by atoms with Crippen LogP contribution in [0.2, 0.25) is 0 Å². The number of hydrogen-bond donors (Lipinski definition) is 0. The molecule has 1 fully saturated rings. The lowest BCUT2D eigenvalue weighted by Gasteiger charge is -2.16. The Bertz CT molecular complexity index is 920. The van der Waals surface area contributed by atoms with E-state index in [-0.39, 0.29) is 17.0 Å². The Kier molecular flexibility index (Phi) is 6.49. The lowest BCUT2D eigenvalue weighted by Crippen LogP contribution is -2.30. The van der Waals surface area contributed by atoms with Crippen LogP contribution in [0, 0.1) is 0 Å². The van der Waals surface area contributed by atoms with Gasteiger partial charge in [-0.3, -0.25) is 4.79 Å². The van der Waals surface area contributed by atoms with Gasteiger partial charge in [0, 0.05) is 20.0 Å². The first kappa shape index (κ1) is 20.5. The number of sulfonamides is 1. The van der Waals surface area contributed by atoms with Gasteiger partial charge in [0.15, 0.2) is 0 Å². The standard InChI is InChI=1S/C21H25NO5S/c1-3-26-21(23)12-9-16-7-10-17(11-8-16)18-5-4-6-20(13-18)28(24,25)22(2)14-19-15-27-19/h4-8,10-11,13,19H,3,9,12,14-15H2,1-2H3/t19-/m0/s1. The number of hydrogen-bond acceptors (Lipinski definition) is 5. The van der Waals surface area contributed by atoms with Crippen molar-refractivity contribution in [3.63, 3.8) is 0 Å². The number of ether oxygens (including phenoxy) is 2. The molecule has 0 aromatic heterocycles. The van der Waals surface area contributed by atoms with Gasteiger partial charge in [-0.1, -0.05) is 36.4 Å². The summed E-state index contributed by atoms with van der Waals surface area (Å²) in [6.07, 6.45) is 0.963. The molecular weight excluding hydrogens is 378 g/mol. The lowest BCUT2D eigenvalue weighted by molar-refractivity contribution is -0.143. The van der Waals surface area contributed by atoms with E-state index >= 15 is 0 Å². The van der Waals surface area contributed by atoms with Crippen LogP contribution in [0.5, 0.6) is 0 Å². The van der Waals surface area contributed by atoms with Crippen LogP contribution in [0.1, 0.15) is 18.9 Å². The van der Waals surface area contributed by atoms with E-state index in [4.69, 9.17) is 9.47 Å². The maximum Gasteiger partial charge on any atom is 0.306 e. The zero-order valence-electron chi connectivity index (χ0n) is 16.1. The summed E-state index contributed by atoms with van der Waals surface area (Å²) in [7, 11) is -1.98. The molecule has 150 valence electrons. The third-order valence-corrected chi connectivity index (χ3v) is 6.44. The Balaban J connectivity index is 1.72. The topological polar surface area (TPSA) is 76.2 Å². The van der Waals surface area contributed by atoms with Crippen molar-refractivity contribution in [1.29, 1.82) is 0 Å². The number of benzene rings is 2. The summed E-state index contributed by atoms with van der Waals surface area (Å²) in [5.74, 6) is -0.204. The van der Waals surface area contributed by atoms with Crippen molar-refractivity contribution in [1.82, 2.24) is 4.31 Å². The molecule has 0 spiro atoms. The quantitative estimate of drug-likeness (QED) is 0.475. The van der Waals surface area contributed by atoms with E-state index in [0.29, 0.717) is 32.6 Å². The molecule has 28 heavy (non-hydrogen) atoms. The van der Waals surface area contributed by atoms with Crippen molar-refractivity contribution in [2.45, 2.75) is 30.8 Å². The van der Waals surface area contributed by atoms with Gasteiger partial charge in [0.05, 0.1) is 24.2 Å². The first-order valence-corrected chi connectivity index (χ1v) is 10.8. The number of carbonyl (C=O) groups is 1. The van der Waals surface area contributed by atoms with Gasteiger partial charge in [0.25, 0.3) is 0 Å². The summed E-state index contributed by atoms with van der Waals surface area (Å²) in [6, 6.07) is 14.7. The third-order valence-electron chi connectivity index (χ3n) is 4.62. The zero-order valence-corrected chi connectivity index (χ0v) is 16.9. The van der Waals surface area contributed by atoms with E-state index in [2.05, 4.69) is 0 Å². The summed E-state index contributed by atoms with van der Waals surface area (Å²) in [6.45, 7) is 3.16. The summed E-state index contributed by atoms with van der Waals surface area (Å²) >= 11 is 0. The SMILES string of the molecule is CCOC(=O)CCc1ccc(-c2cccc(S(=O)(=O)N(C)C[C@H]3CO3)c2)cc1. The van der Waals surface area contributed by atoms with Gasteiger partial charge in [-0.15, -0.1) is 0 Å². The molecule has 1 saturated heterocycles. The highest BCUT2D eigenvalue weighted by Crippen LogP contribution is 2.25. The molecule has 2 aromatic carbocycles. The van der Waals surface area contributed by atoms with Crippen LogP contribution >= 0.6 is 0 Å². The largest absolute Gasteiger partial charge is 0.466 e. The number of likely N-dealkylation sites (N-methyl/N-ethyl adjacent to an activating group) is 1. The zero-order chi connectivity index (χ0) is 20.1. The summed E-state index contributed by atoms with van der Waals surface area (Å²) in [5.41, 5.74) is 2.78. The predicted octanol–water partition coefficient (Wildman–Crippen LogP) is 2.87. The fourth-order valence-corrected chi connectivity index (χ4v) is 4.17. The van der Waals surface area contributed by atoms with Crippen molar-refractivity contribution in [2.24, 2.45) is 0 Å². The molecule has 1 heterocycles. The second-order valence-electron chi connectivity index (χ2n) is 6.77. The van der Waals surface area contributed by atoms with Crippen molar-refractivity contribution in [3.05, 3.63) is 54.1 Å². The van der Waals surface area contributed by atoms with Crippen LogP contribution in [-0.2, 0) is 30.7 Å². The van der Waals surface area contributed by atoms with Crippen LogP contribution in [-0.4, -0.2) is 51.6 Å². The molecule has 0 radical (unpaired) electrons. The maximum absolute atomic E-state index is 12.8. The number of epoxide rings is 1. The Hall–Kier alpha value is -2.22. The average Bonchev–Trinajstić information content (AvgIpc) is 3.51. The Morgan fingerprint density at radius 1 is 1.18 bits per heavy atom. The first-order valence-electron chi connectivity index (χ1n) is 9.33. The van der Waals surface area contributed by atoms with E-state index in [1.54, 1.807) is 32.2 Å². The Morgan fingerprint density at radius 2 is 1.89 bits per heavy atom. The lowest BCUT2D eigenvalue weighted by atomic mass is 10.0. The minimum atomic E-state index is -3.55. The molecule has 0 saturated carbocycles. The summed E-state index contributed by atoms with van der Waals surface area (Å²) < 4.78 is 36.9. The van der Waals surface area contributed by atoms with Crippen LogP contribution < -0.4 is 0 Å². The van der Waals surface area contributed by atoms with Gasteiger partial charge < -0.3 is 9.47 Å². The van der Waals surface area contributed by atoms with Gasteiger partial charge in [0.2, 0.25) is 10.0 Å². The van der Waals surface area contributed by atoms with Crippen LogP contribution in [0.15, 0.2) is 53.4 Å². The van der Waals surface area contributed by atoms with Crippen molar-refractivity contribution in [3.8, 4) is 11.1 Å². The number of nitrogens with zero attached hydrogens (tertiary/aromatic N) is 1. The molecule has 0 amide bonds. The van der Waals surface area contributed by atoms with Crippen LogP contribution in [0.3, 0.4) is 0 Å². The summed E-state index contributed by atoms with van der Waals surface area (Å²) in [4.78, 5) is 11.7. The molecule has 1 atom stereocenters. The molecule has 6 nitrogen and oxygen atoms in total. The van der Waals surface area contributed by atoms with Crippen molar-refractivity contribution < 1.29 is 22.7 Å². The van der Waals surface area contributed by atoms with Crippen molar-refractivity contribution >= 4 is 16.0 Å². The third kappa shape index (κ3) is 5.19. The van der Waals surface area contributed by atoms with Gasteiger partial charge in [-0.05, 0) is 42.2 Å². The molecule has 3 rings (SSSR count). The smallest absolute Gasteiger partial charge is 0.306 e. The van der Waals surface area contributed by atoms with Gasteiger partial charge in [0.1, 0.15) is 0 Å². The Labute approximate surface area is 166 Å². The van der Waals surface area contributed by atoms with Gasteiger partial charge >= 0.3 is 5.97 Å². The number of esters is 1. The van der Waals surface area contributed by atoms with E-state index < -0.39 is 10.0 Å². The number of aryl methyl sites for hydroxylation is 1. The second-order valence-corrected chi connectivity index (χ2v) is 8.82. The molecular formula is C21H25NO5S. The Morgan fingerprint density at radius 3 is 2.54 bits per heavy atom. The monoisotopic (exact) mass is 403 g/mol. The maximum atomic E-state index is 12.8. The highest BCUT2D eigenvalue weighted by molar-refractivity contribution is 7.89. The summed E-state index contributed by atoms with van der Waals surface area (Å²) in [5, 5.41) is 0. The predicted molar refractivity (Wildman–Crippen MR) is 106 cm³/mol. The van der Waals surface area contributed by atoms with E-state index in [1.807, 2.05) is 30.3 Å². The first-order chi connectivity index (χ1) is 13.4. The molecule has 7 heteroatoms. The van der Waals surface area contributed by atoms with E-state index in [0.717, 1.165) is 16.7 Å². The fraction of sp³-hybridized carbons (Fsp3) is 0.381. The second kappa shape index (κ2) is 8.86. The number of rotatable bonds is 9. The molecule has 0 unspecified atom stereocenters. The van der Waals surface area contributed by atoms with Crippen LogP contribution in [0.4, 0.5) is 0 Å².